The molecule has 1 aliphatic rings. The molecule has 1 aromatic rings. The van der Waals surface area contributed by atoms with Crippen LogP contribution in [0, 0.1) is 17.3 Å². The van der Waals surface area contributed by atoms with Crippen LogP contribution in [0.25, 0.3) is 0 Å². The number of esters is 1. The van der Waals surface area contributed by atoms with Crippen LogP contribution in [-0.2, 0) is 14.3 Å². The Morgan fingerprint density at radius 2 is 1.84 bits per heavy atom. The maximum absolute atomic E-state index is 12.5. The summed E-state index contributed by atoms with van der Waals surface area (Å²) in [5.74, 6) is -2.91. The fourth-order valence-corrected chi connectivity index (χ4v) is 3.03. The molecule has 25 heavy (non-hydrogen) atoms. The first-order chi connectivity index (χ1) is 11.6. The van der Waals surface area contributed by atoms with Gasteiger partial charge in [0.25, 0.3) is 0 Å². The molecule has 0 aliphatic heterocycles. The van der Waals surface area contributed by atoms with Gasteiger partial charge in [-0.1, -0.05) is 13.8 Å². The molecule has 2 atom stereocenters. The van der Waals surface area contributed by atoms with Gasteiger partial charge in [-0.3, -0.25) is 9.59 Å². The Bertz CT molecular complexity index is 710. The van der Waals surface area contributed by atoms with E-state index in [0.29, 0.717) is 11.4 Å². The largest absolute Gasteiger partial charge is 0.489 e. The van der Waals surface area contributed by atoms with Crippen LogP contribution in [0.2, 0.25) is 0 Å². The first kappa shape index (κ1) is 18.8. The van der Waals surface area contributed by atoms with Crippen molar-refractivity contribution in [3.8, 4) is 5.75 Å². The van der Waals surface area contributed by atoms with Crippen LogP contribution in [0.4, 0.5) is 5.69 Å². The molecule has 0 unspecified atom stereocenters. The third kappa shape index (κ3) is 3.75. The molecule has 136 valence electrons. The second-order valence-corrected chi connectivity index (χ2v) is 6.97. The topological polar surface area (TPSA) is 102 Å². The minimum Gasteiger partial charge on any atom is -0.489 e. The first-order valence-corrected chi connectivity index (χ1v) is 8.02. The fourth-order valence-electron chi connectivity index (χ4n) is 3.03. The highest BCUT2D eigenvalue weighted by Gasteiger charge is 2.65. The van der Waals surface area contributed by atoms with Gasteiger partial charge in [-0.25, -0.2) is 4.79 Å². The Morgan fingerprint density at radius 3 is 2.32 bits per heavy atom. The van der Waals surface area contributed by atoms with Crippen molar-refractivity contribution in [1.29, 1.82) is 0 Å². The number of rotatable bonds is 6. The van der Waals surface area contributed by atoms with Crippen molar-refractivity contribution in [1.82, 2.24) is 0 Å². The molecule has 1 fully saturated rings. The molecular formula is C18H23NO6. The summed E-state index contributed by atoms with van der Waals surface area (Å²) in [6.45, 7) is 7.16. The third-order valence-corrected chi connectivity index (χ3v) is 4.40. The van der Waals surface area contributed by atoms with Gasteiger partial charge >= 0.3 is 11.9 Å². The number of carboxylic acid groups (broad SMARTS) is 1. The molecule has 7 nitrogen and oxygen atoms in total. The standard InChI is InChI=1S/C18H23NO6/c1-9(2)25-12-7-6-10(17(23)24-5)8-11(12)19-15(20)13-14(16(21)22)18(13,3)4/h6-9,13-14H,1-5H3,(H,19,20)(H,21,22)/t13-,14-/m1/s1. The molecule has 1 saturated carbocycles. The highest BCUT2D eigenvalue weighted by Crippen LogP contribution is 2.58. The number of ether oxygens (including phenoxy) is 2. The Morgan fingerprint density at radius 1 is 1.20 bits per heavy atom. The maximum atomic E-state index is 12.5. The minimum atomic E-state index is -0.993. The van der Waals surface area contributed by atoms with Crippen LogP contribution in [0.5, 0.6) is 5.75 Å². The van der Waals surface area contributed by atoms with Gasteiger partial charge in [0.1, 0.15) is 5.75 Å². The number of hydrogen-bond acceptors (Lipinski definition) is 5. The summed E-state index contributed by atoms with van der Waals surface area (Å²) in [4.78, 5) is 35.5. The predicted molar refractivity (Wildman–Crippen MR) is 90.6 cm³/mol. The van der Waals surface area contributed by atoms with E-state index in [0.717, 1.165) is 0 Å². The Hall–Kier alpha value is -2.57. The summed E-state index contributed by atoms with van der Waals surface area (Å²) in [5, 5.41) is 11.9. The number of hydrogen-bond donors (Lipinski definition) is 2. The Labute approximate surface area is 146 Å². The summed E-state index contributed by atoms with van der Waals surface area (Å²) >= 11 is 0. The van der Waals surface area contributed by atoms with Crippen molar-refractivity contribution >= 4 is 23.5 Å². The van der Waals surface area contributed by atoms with Crippen LogP contribution < -0.4 is 10.1 Å². The van der Waals surface area contributed by atoms with E-state index in [2.05, 4.69) is 10.1 Å². The van der Waals surface area contributed by atoms with Crippen molar-refractivity contribution in [3.63, 3.8) is 0 Å². The van der Waals surface area contributed by atoms with E-state index < -0.39 is 35.1 Å². The lowest BCUT2D eigenvalue weighted by Gasteiger charge is -2.16. The summed E-state index contributed by atoms with van der Waals surface area (Å²) in [7, 11) is 1.27. The molecule has 0 saturated heterocycles. The molecule has 0 aromatic heterocycles. The van der Waals surface area contributed by atoms with E-state index in [-0.39, 0.29) is 11.7 Å². The van der Waals surface area contributed by atoms with Crippen molar-refractivity contribution < 1.29 is 29.0 Å². The minimum absolute atomic E-state index is 0.135. The lowest BCUT2D eigenvalue weighted by molar-refractivity contribution is -0.140. The van der Waals surface area contributed by atoms with Gasteiger partial charge in [0.2, 0.25) is 5.91 Å². The fraction of sp³-hybridized carbons (Fsp3) is 0.500. The molecule has 0 heterocycles. The van der Waals surface area contributed by atoms with E-state index in [4.69, 9.17) is 4.74 Å². The molecule has 1 aromatic carbocycles. The quantitative estimate of drug-likeness (QED) is 0.765. The summed E-state index contributed by atoms with van der Waals surface area (Å²) in [6, 6.07) is 4.58. The number of amides is 1. The number of methoxy groups -OCH3 is 1. The van der Waals surface area contributed by atoms with Crippen molar-refractivity contribution in [3.05, 3.63) is 23.8 Å². The highest BCUT2D eigenvalue weighted by molar-refractivity contribution is 6.01. The van der Waals surface area contributed by atoms with Crippen molar-refractivity contribution in [2.24, 2.45) is 17.3 Å². The molecule has 0 bridgehead atoms. The zero-order valence-electron chi connectivity index (χ0n) is 15.0. The zero-order chi connectivity index (χ0) is 18.9. The molecule has 2 rings (SSSR count). The number of nitrogens with one attached hydrogen (secondary N) is 1. The van der Waals surface area contributed by atoms with Crippen LogP contribution >= 0.6 is 0 Å². The maximum Gasteiger partial charge on any atom is 0.337 e. The normalized spacial score (nSPS) is 20.7. The number of carboxylic acids is 1. The molecule has 0 spiro atoms. The van der Waals surface area contributed by atoms with E-state index >= 15 is 0 Å². The third-order valence-electron chi connectivity index (χ3n) is 4.40. The van der Waals surface area contributed by atoms with Gasteiger partial charge in [0.05, 0.1) is 36.3 Å². The highest BCUT2D eigenvalue weighted by atomic mass is 16.5. The number of carbonyl (C=O) groups is 3. The molecule has 0 radical (unpaired) electrons. The average molecular weight is 349 g/mol. The number of anilines is 1. The second kappa shape index (κ2) is 6.74. The average Bonchev–Trinajstić information content (AvgIpc) is 3.10. The molecule has 1 aliphatic carbocycles. The van der Waals surface area contributed by atoms with Crippen LogP contribution in [-0.4, -0.2) is 36.2 Å². The van der Waals surface area contributed by atoms with Crippen LogP contribution in [0.1, 0.15) is 38.1 Å². The lowest BCUT2D eigenvalue weighted by atomic mass is 10.1. The van der Waals surface area contributed by atoms with E-state index in [9.17, 15) is 19.5 Å². The van der Waals surface area contributed by atoms with Crippen molar-refractivity contribution in [2.75, 3.05) is 12.4 Å². The Balaban J connectivity index is 2.28. The molecule has 1 amide bonds. The van der Waals surface area contributed by atoms with Crippen LogP contribution in [0.3, 0.4) is 0 Å². The lowest BCUT2D eigenvalue weighted by Crippen LogP contribution is -2.19. The first-order valence-electron chi connectivity index (χ1n) is 8.02. The van der Waals surface area contributed by atoms with E-state index in [1.165, 1.54) is 13.2 Å². The van der Waals surface area contributed by atoms with Gasteiger partial charge in [0, 0.05) is 0 Å². The molecule has 7 heteroatoms. The summed E-state index contributed by atoms with van der Waals surface area (Å²) < 4.78 is 10.3. The molecular weight excluding hydrogens is 326 g/mol. The van der Waals surface area contributed by atoms with Gasteiger partial charge in [-0.05, 0) is 37.5 Å². The summed E-state index contributed by atoms with van der Waals surface area (Å²) in [5.41, 5.74) is -0.0400. The number of carbonyl (C=O) groups excluding carboxylic acids is 2. The SMILES string of the molecule is COC(=O)c1ccc(OC(C)C)c(NC(=O)[C@H]2[C@H](C(=O)O)C2(C)C)c1. The summed E-state index contributed by atoms with van der Waals surface area (Å²) in [6.07, 6.45) is -0.135. The van der Waals surface area contributed by atoms with Gasteiger partial charge in [0.15, 0.2) is 0 Å². The van der Waals surface area contributed by atoms with Crippen LogP contribution in [0.15, 0.2) is 18.2 Å². The number of aliphatic carboxylic acids is 1. The van der Waals surface area contributed by atoms with E-state index in [1.807, 2.05) is 13.8 Å². The zero-order valence-corrected chi connectivity index (χ0v) is 15.0. The predicted octanol–water partition coefficient (Wildman–Crippen LogP) is 2.56. The van der Waals surface area contributed by atoms with Crippen molar-refractivity contribution in [2.45, 2.75) is 33.8 Å². The number of benzene rings is 1. The van der Waals surface area contributed by atoms with Gasteiger partial charge in [-0.15, -0.1) is 0 Å². The smallest absolute Gasteiger partial charge is 0.337 e. The Kier molecular flexibility index (Phi) is 5.06. The monoisotopic (exact) mass is 349 g/mol. The van der Waals surface area contributed by atoms with E-state index in [1.54, 1.807) is 26.0 Å². The van der Waals surface area contributed by atoms with Gasteiger partial charge < -0.3 is 19.9 Å². The van der Waals surface area contributed by atoms with Gasteiger partial charge in [-0.2, -0.15) is 0 Å². The molecule has 2 N–H and O–H groups in total. The second-order valence-electron chi connectivity index (χ2n) is 6.97.